The number of hydrogen-bond donors (Lipinski definition) is 3. The van der Waals surface area contributed by atoms with E-state index in [0.717, 1.165) is 12.0 Å². The second-order valence-electron chi connectivity index (χ2n) is 5.17. The molecule has 2 aromatic rings. The van der Waals surface area contributed by atoms with Crippen molar-refractivity contribution in [1.29, 1.82) is 0 Å². The molecular weight excluding hydrogens is 306 g/mol. The summed E-state index contributed by atoms with van der Waals surface area (Å²) in [4.78, 5) is 23.5. The first kappa shape index (κ1) is 17.2. The Morgan fingerprint density at radius 2 is 1.75 bits per heavy atom. The fraction of sp³-hybridized carbons (Fsp3) is 0.167. The van der Waals surface area contributed by atoms with Gasteiger partial charge in [0, 0.05) is 17.7 Å². The zero-order chi connectivity index (χ0) is 17.4. The van der Waals surface area contributed by atoms with Gasteiger partial charge in [0.1, 0.15) is 5.75 Å². The Kier molecular flexibility index (Phi) is 6.08. The van der Waals surface area contributed by atoms with Crippen LogP contribution in [-0.4, -0.2) is 23.1 Å². The van der Waals surface area contributed by atoms with Crippen LogP contribution in [0, 0.1) is 0 Å². The summed E-state index contributed by atoms with van der Waals surface area (Å²) in [6.45, 7) is 1.94. The molecule has 0 aliphatic heterocycles. The highest BCUT2D eigenvalue weighted by molar-refractivity contribution is 5.96. The fourth-order valence-electron chi connectivity index (χ4n) is 1.95. The van der Waals surface area contributed by atoms with Crippen molar-refractivity contribution in [2.24, 2.45) is 5.10 Å². The standard InChI is InChI=1S/C18H19N3O3/c1-2-3-17(23)20-15-8-6-14(7-9-15)18(24)21-19-12-13-4-10-16(22)11-5-13/h4-12,22H,2-3H2,1H3,(H,20,23)(H,21,24). The molecule has 0 fully saturated rings. The van der Waals surface area contributed by atoms with Crippen LogP contribution in [0.15, 0.2) is 53.6 Å². The van der Waals surface area contributed by atoms with E-state index >= 15 is 0 Å². The number of hydrazone groups is 1. The lowest BCUT2D eigenvalue weighted by atomic mass is 10.2. The van der Waals surface area contributed by atoms with E-state index in [2.05, 4.69) is 15.8 Å². The van der Waals surface area contributed by atoms with E-state index in [-0.39, 0.29) is 17.6 Å². The van der Waals surface area contributed by atoms with Crippen molar-refractivity contribution in [3.05, 3.63) is 59.7 Å². The molecule has 0 saturated carbocycles. The molecular formula is C18H19N3O3. The Labute approximate surface area is 140 Å². The first-order valence-electron chi connectivity index (χ1n) is 7.61. The van der Waals surface area contributed by atoms with Gasteiger partial charge < -0.3 is 10.4 Å². The van der Waals surface area contributed by atoms with Crippen molar-refractivity contribution in [2.75, 3.05) is 5.32 Å². The Morgan fingerprint density at radius 1 is 1.08 bits per heavy atom. The number of nitrogens with one attached hydrogen (secondary N) is 2. The summed E-state index contributed by atoms with van der Waals surface area (Å²) in [5, 5.41) is 15.8. The third-order valence-corrected chi connectivity index (χ3v) is 3.18. The minimum atomic E-state index is -0.350. The zero-order valence-electron chi connectivity index (χ0n) is 13.3. The monoisotopic (exact) mass is 325 g/mol. The van der Waals surface area contributed by atoms with Gasteiger partial charge in [0.2, 0.25) is 5.91 Å². The first-order valence-corrected chi connectivity index (χ1v) is 7.61. The molecule has 2 amide bonds. The number of benzene rings is 2. The molecule has 0 unspecified atom stereocenters. The number of aromatic hydroxyl groups is 1. The topological polar surface area (TPSA) is 90.8 Å². The number of rotatable bonds is 6. The minimum Gasteiger partial charge on any atom is -0.508 e. The number of carbonyl (C=O) groups is 2. The van der Waals surface area contributed by atoms with E-state index in [9.17, 15) is 14.7 Å². The van der Waals surface area contributed by atoms with Crippen molar-refractivity contribution in [3.63, 3.8) is 0 Å². The van der Waals surface area contributed by atoms with Gasteiger partial charge in [0.25, 0.3) is 5.91 Å². The number of amides is 2. The second kappa shape index (κ2) is 8.47. The summed E-state index contributed by atoms with van der Waals surface area (Å²) >= 11 is 0. The third-order valence-electron chi connectivity index (χ3n) is 3.18. The summed E-state index contributed by atoms with van der Waals surface area (Å²) in [7, 11) is 0. The molecule has 0 saturated heterocycles. The van der Waals surface area contributed by atoms with Crippen LogP contribution in [0.2, 0.25) is 0 Å². The van der Waals surface area contributed by atoms with E-state index in [1.165, 1.54) is 18.3 Å². The van der Waals surface area contributed by atoms with Crippen molar-refractivity contribution < 1.29 is 14.7 Å². The third kappa shape index (κ3) is 5.24. The number of hydrogen-bond acceptors (Lipinski definition) is 4. The average molecular weight is 325 g/mol. The SMILES string of the molecule is CCCC(=O)Nc1ccc(C(=O)NN=Cc2ccc(O)cc2)cc1. The molecule has 0 heterocycles. The van der Waals surface area contributed by atoms with E-state index in [1.54, 1.807) is 36.4 Å². The van der Waals surface area contributed by atoms with Crippen molar-refractivity contribution in [1.82, 2.24) is 5.43 Å². The molecule has 3 N–H and O–H groups in total. The lowest BCUT2D eigenvalue weighted by molar-refractivity contribution is -0.116. The predicted octanol–water partition coefficient (Wildman–Crippen LogP) is 2.89. The van der Waals surface area contributed by atoms with Gasteiger partial charge in [-0.05, 0) is 60.5 Å². The molecule has 2 aromatic carbocycles. The quantitative estimate of drug-likeness (QED) is 0.563. The van der Waals surface area contributed by atoms with Crippen LogP contribution in [-0.2, 0) is 4.79 Å². The van der Waals surface area contributed by atoms with Crippen molar-refractivity contribution >= 4 is 23.7 Å². The van der Waals surface area contributed by atoms with E-state index in [0.29, 0.717) is 17.7 Å². The maximum absolute atomic E-state index is 12.0. The first-order chi connectivity index (χ1) is 11.6. The molecule has 0 aliphatic carbocycles. The smallest absolute Gasteiger partial charge is 0.271 e. The van der Waals surface area contributed by atoms with Gasteiger partial charge in [-0.25, -0.2) is 5.43 Å². The van der Waals surface area contributed by atoms with Crippen LogP contribution in [0.5, 0.6) is 5.75 Å². The number of phenolic OH excluding ortho intramolecular Hbond substituents is 1. The molecule has 0 spiro atoms. The van der Waals surface area contributed by atoms with Crippen LogP contribution in [0.1, 0.15) is 35.7 Å². The van der Waals surface area contributed by atoms with Crippen LogP contribution < -0.4 is 10.7 Å². The summed E-state index contributed by atoms with van der Waals surface area (Å²) in [6, 6.07) is 13.0. The summed E-state index contributed by atoms with van der Waals surface area (Å²) in [6.07, 6.45) is 2.73. The lowest BCUT2D eigenvalue weighted by Gasteiger charge is -2.05. The van der Waals surface area contributed by atoms with Crippen LogP contribution in [0.25, 0.3) is 0 Å². The van der Waals surface area contributed by atoms with E-state index in [4.69, 9.17) is 0 Å². The second-order valence-corrected chi connectivity index (χ2v) is 5.17. The molecule has 0 aromatic heterocycles. The van der Waals surface area contributed by atoms with Crippen molar-refractivity contribution in [2.45, 2.75) is 19.8 Å². The van der Waals surface area contributed by atoms with Gasteiger partial charge in [-0.3, -0.25) is 9.59 Å². The molecule has 2 rings (SSSR count). The highest BCUT2D eigenvalue weighted by Gasteiger charge is 2.05. The highest BCUT2D eigenvalue weighted by atomic mass is 16.3. The Bertz CT molecular complexity index is 722. The summed E-state index contributed by atoms with van der Waals surface area (Å²) < 4.78 is 0. The average Bonchev–Trinajstić information content (AvgIpc) is 2.57. The molecule has 6 nitrogen and oxygen atoms in total. The Balaban J connectivity index is 1.90. The predicted molar refractivity (Wildman–Crippen MR) is 93.1 cm³/mol. The van der Waals surface area contributed by atoms with E-state index in [1.807, 2.05) is 6.92 Å². The molecule has 0 atom stereocenters. The van der Waals surface area contributed by atoms with Gasteiger partial charge in [0.15, 0.2) is 0 Å². The zero-order valence-corrected chi connectivity index (χ0v) is 13.3. The molecule has 0 bridgehead atoms. The van der Waals surface area contributed by atoms with Crippen molar-refractivity contribution in [3.8, 4) is 5.75 Å². The minimum absolute atomic E-state index is 0.0480. The summed E-state index contributed by atoms with van der Waals surface area (Å²) in [5.41, 5.74) is 4.26. The number of carbonyl (C=O) groups excluding carboxylic acids is 2. The largest absolute Gasteiger partial charge is 0.508 e. The van der Waals surface area contributed by atoms with E-state index < -0.39 is 0 Å². The molecule has 0 aliphatic rings. The van der Waals surface area contributed by atoms with Crippen LogP contribution in [0.4, 0.5) is 5.69 Å². The number of phenols is 1. The number of nitrogens with zero attached hydrogens (tertiary/aromatic N) is 1. The fourth-order valence-corrected chi connectivity index (χ4v) is 1.95. The lowest BCUT2D eigenvalue weighted by Crippen LogP contribution is -2.17. The molecule has 6 heteroatoms. The summed E-state index contributed by atoms with van der Waals surface area (Å²) in [5.74, 6) is -0.230. The maximum Gasteiger partial charge on any atom is 0.271 e. The Morgan fingerprint density at radius 3 is 2.38 bits per heavy atom. The maximum atomic E-state index is 12.0. The Hall–Kier alpha value is -3.15. The number of anilines is 1. The molecule has 24 heavy (non-hydrogen) atoms. The van der Waals surface area contributed by atoms with Gasteiger partial charge in [0.05, 0.1) is 6.21 Å². The molecule has 124 valence electrons. The van der Waals surface area contributed by atoms with Gasteiger partial charge in [-0.1, -0.05) is 6.92 Å². The van der Waals surface area contributed by atoms with Gasteiger partial charge >= 0.3 is 0 Å². The normalized spacial score (nSPS) is 10.5. The van der Waals surface area contributed by atoms with Crippen LogP contribution >= 0.6 is 0 Å². The molecule has 0 radical (unpaired) electrons. The van der Waals surface area contributed by atoms with Crippen LogP contribution in [0.3, 0.4) is 0 Å². The van der Waals surface area contributed by atoms with Gasteiger partial charge in [-0.2, -0.15) is 5.10 Å². The van der Waals surface area contributed by atoms with Gasteiger partial charge in [-0.15, -0.1) is 0 Å². The highest BCUT2D eigenvalue weighted by Crippen LogP contribution is 2.10.